The van der Waals surface area contributed by atoms with Crippen molar-refractivity contribution in [2.24, 2.45) is 0 Å². The van der Waals surface area contributed by atoms with E-state index < -0.39 is 0 Å². The van der Waals surface area contributed by atoms with Gasteiger partial charge >= 0.3 is 0 Å². The lowest BCUT2D eigenvalue weighted by molar-refractivity contribution is -0.124. The first kappa shape index (κ1) is 19.2. The highest BCUT2D eigenvalue weighted by atomic mass is 32.1. The van der Waals surface area contributed by atoms with E-state index in [2.05, 4.69) is 5.32 Å². The monoisotopic (exact) mass is 388 g/mol. The van der Waals surface area contributed by atoms with Crippen molar-refractivity contribution >= 4 is 23.2 Å². The third kappa shape index (κ3) is 4.42. The zero-order valence-electron chi connectivity index (χ0n) is 15.6. The molecule has 0 saturated carbocycles. The van der Waals surface area contributed by atoms with Crippen LogP contribution in [-0.2, 0) is 11.2 Å². The molecule has 7 heteroatoms. The van der Waals surface area contributed by atoms with Crippen molar-refractivity contribution in [3.05, 3.63) is 46.2 Å². The Bertz CT molecular complexity index is 791. The number of ether oxygens (including phenoxy) is 2. The van der Waals surface area contributed by atoms with Crippen molar-refractivity contribution in [3.63, 3.8) is 0 Å². The maximum atomic E-state index is 12.6. The van der Waals surface area contributed by atoms with Gasteiger partial charge in [-0.05, 0) is 48.4 Å². The average molecular weight is 388 g/mol. The average Bonchev–Trinajstić information content (AvgIpc) is 3.39. The molecule has 1 aromatic carbocycles. The second kappa shape index (κ2) is 8.90. The Kier molecular flexibility index (Phi) is 6.34. The molecular formula is C20H24N2O4S. The molecule has 0 unspecified atom stereocenters. The van der Waals surface area contributed by atoms with Gasteiger partial charge < -0.3 is 19.7 Å². The molecule has 2 aromatic rings. The molecule has 1 aliphatic heterocycles. The molecule has 144 valence electrons. The summed E-state index contributed by atoms with van der Waals surface area (Å²) in [5.41, 5.74) is 1.05. The smallest absolute Gasteiger partial charge is 0.264 e. The Morgan fingerprint density at radius 1 is 1.22 bits per heavy atom. The van der Waals surface area contributed by atoms with Gasteiger partial charge in [0.2, 0.25) is 5.91 Å². The fraction of sp³-hybridized carbons (Fsp3) is 0.400. The first-order valence-electron chi connectivity index (χ1n) is 8.97. The van der Waals surface area contributed by atoms with Crippen LogP contribution < -0.4 is 14.8 Å². The van der Waals surface area contributed by atoms with Crippen LogP contribution in [0.25, 0.3) is 0 Å². The van der Waals surface area contributed by atoms with Crippen LogP contribution in [0.4, 0.5) is 0 Å². The number of benzene rings is 1. The summed E-state index contributed by atoms with van der Waals surface area (Å²) in [6.07, 6.45) is 2.24. The Hall–Kier alpha value is -2.54. The number of hydrogen-bond acceptors (Lipinski definition) is 5. The molecule has 2 heterocycles. The Morgan fingerprint density at radius 3 is 2.74 bits per heavy atom. The number of nitrogens with zero attached hydrogens (tertiary/aromatic N) is 1. The van der Waals surface area contributed by atoms with Gasteiger partial charge in [-0.1, -0.05) is 12.1 Å². The molecule has 1 atom stereocenters. The molecule has 27 heavy (non-hydrogen) atoms. The topological polar surface area (TPSA) is 67.9 Å². The van der Waals surface area contributed by atoms with Crippen molar-refractivity contribution in [3.8, 4) is 11.5 Å². The van der Waals surface area contributed by atoms with Crippen molar-refractivity contribution in [2.45, 2.75) is 25.3 Å². The number of carbonyl (C=O) groups is 2. The van der Waals surface area contributed by atoms with E-state index in [0.29, 0.717) is 42.3 Å². The minimum absolute atomic E-state index is 0.0532. The van der Waals surface area contributed by atoms with E-state index in [1.807, 2.05) is 29.6 Å². The van der Waals surface area contributed by atoms with Crippen LogP contribution in [0.15, 0.2) is 35.7 Å². The molecule has 0 bridgehead atoms. The van der Waals surface area contributed by atoms with Crippen LogP contribution in [0, 0.1) is 0 Å². The van der Waals surface area contributed by atoms with Gasteiger partial charge in [0, 0.05) is 13.1 Å². The van der Waals surface area contributed by atoms with Gasteiger partial charge in [0.05, 0.1) is 19.1 Å². The lowest BCUT2D eigenvalue weighted by Crippen LogP contribution is -2.46. The van der Waals surface area contributed by atoms with Crippen molar-refractivity contribution in [1.82, 2.24) is 10.2 Å². The third-order valence-electron chi connectivity index (χ3n) is 4.71. The molecule has 0 aliphatic carbocycles. The van der Waals surface area contributed by atoms with Crippen LogP contribution in [0.2, 0.25) is 0 Å². The summed E-state index contributed by atoms with van der Waals surface area (Å²) >= 11 is 1.41. The highest BCUT2D eigenvalue weighted by Crippen LogP contribution is 2.27. The standard InChI is InChI=1S/C20H24N2O4S/c1-25-16-8-7-14(13-17(16)26-2)9-10-21-19(23)15-5-3-11-22(15)20(24)18-6-4-12-27-18/h4,6-8,12-13,15H,3,5,9-11H2,1-2H3,(H,21,23)/t15-/m0/s1. The molecule has 1 aliphatic rings. The van der Waals surface area contributed by atoms with Crippen molar-refractivity contribution in [2.75, 3.05) is 27.3 Å². The van der Waals surface area contributed by atoms with Gasteiger partial charge in [-0.15, -0.1) is 11.3 Å². The Balaban J connectivity index is 1.55. The minimum atomic E-state index is -0.384. The predicted octanol–water partition coefficient (Wildman–Crippen LogP) is 2.73. The molecule has 0 radical (unpaired) electrons. The molecule has 1 N–H and O–H groups in total. The molecule has 1 aromatic heterocycles. The lowest BCUT2D eigenvalue weighted by atomic mass is 10.1. The number of amides is 2. The third-order valence-corrected chi connectivity index (χ3v) is 5.57. The summed E-state index contributed by atoms with van der Waals surface area (Å²) in [6.45, 7) is 1.14. The van der Waals surface area contributed by atoms with E-state index in [1.54, 1.807) is 25.2 Å². The highest BCUT2D eigenvalue weighted by molar-refractivity contribution is 7.12. The summed E-state index contributed by atoms with van der Waals surface area (Å²) in [5, 5.41) is 4.84. The van der Waals surface area contributed by atoms with E-state index in [0.717, 1.165) is 12.0 Å². The summed E-state index contributed by atoms with van der Waals surface area (Å²) in [7, 11) is 3.20. The fourth-order valence-electron chi connectivity index (χ4n) is 3.31. The largest absolute Gasteiger partial charge is 0.493 e. The van der Waals surface area contributed by atoms with Gasteiger partial charge in [0.25, 0.3) is 5.91 Å². The van der Waals surface area contributed by atoms with Gasteiger partial charge in [-0.3, -0.25) is 9.59 Å². The highest BCUT2D eigenvalue weighted by Gasteiger charge is 2.34. The number of methoxy groups -OCH3 is 2. The zero-order chi connectivity index (χ0) is 19.2. The van der Waals surface area contributed by atoms with Crippen molar-refractivity contribution < 1.29 is 19.1 Å². The summed E-state index contributed by atoms with van der Waals surface area (Å²) < 4.78 is 10.5. The van der Waals surface area contributed by atoms with E-state index >= 15 is 0 Å². The maximum Gasteiger partial charge on any atom is 0.264 e. The minimum Gasteiger partial charge on any atom is -0.493 e. The van der Waals surface area contributed by atoms with Gasteiger partial charge in [-0.2, -0.15) is 0 Å². The van der Waals surface area contributed by atoms with E-state index in [4.69, 9.17) is 9.47 Å². The van der Waals surface area contributed by atoms with Gasteiger partial charge in [-0.25, -0.2) is 0 Å². The van der Waals surface area contributed by atoms with Crippen LogP contribution in [0.5, 0.6) is 11.5 Å². The summed E-state index contributed by atoms with van der Waals surface area (Å²) in [6, 6.07) is 8.99. The van der Waals surface area contributed by atoms with E-state index in [9.17, 15) is 9.59 Å². The first-order valence-corrected chi connectivity index (χ1v) is 9.85. The number of likely N-dealkylation sites (tertiary alicyclic amines) is 1. The van der Waals surface area contributed by atoms with E-state index in [1.165, 1.54) is 11.3 Å². The van der Waals surface area contributed by atoms with Crippen LogP contribution in [0.1, 0.15) is 28.1 Å². The lowest BCUT2D eigenvalue weighted by Gasteiger charge is -2.23. The van der Waals surface area contributed by atoms with Gasteiger partial charge in [0.1, 0.15) is 6.04 Å². The Labute approximate surface area is 163 Å². The predicted molar refractivity (Wildman–Crippen MR) is 105 cm³/mol. The molecule has 1 fully saturated rings. The molecule has 2 amide bonds. The van der Waals surface area contributed by atoms with Crippen LogP contribution >= 0.6 is 11.3 Å². The second-order valence-corrected chi connectivity index (χ2v) is 7.31. The SMILES string of the molecule is COc1ccc(CCNC(=O)[C@@H]2CCCN2C(=O)c2cccs2)cc1OC. The zero-order valence-corrected chi connectivity index (χ0v) is 16.4. The molecule has 6 nitrogen and oxygen atoms in total. The fourth-order valence-corrected chi connectivity index (χ4v) is 3.99. The number of nitrogens with one attached hydrogen (secondary N) is 1. The molecular weight excluding hydrogens is 364 g/mol. The summed E-state index contributed by atoms with van der Waals surface area (Å²) in [4.78, 5) is 27.5. The van der Waals surface area contributed by atoms with Crippen LogP contribution in [-0.4, -0.2) is 50.1 Å². The number of rotatable bonds is 7. The van der Waals surface area contributed by atoms with Crippen LogP contribution in [0.3, 0.4) is 0 Å². The molecule has 3 rings (SSSR count). The Morgan fingerprint density at radius 2 is 2.04 bits per heavy atom. The molecule has 0 spiro atoms. The number of thiophene rings is 1. The molecule has 1 saturated heterocycles. The normalized spacial score (nSPS) is 16.2. The number of carbonyl (C=O) groups excluding carboxylic acids is 2. The van der Waals surface area contributed by atoms with Crippen molar-refractivity contribution in [1.29, 1.82) is 0 Å². The first-order chi connectivity index (χ1) is 13.1. The summed E-state index contributed by atoms with van der Waals surface area (Å²) in [5.74, 6) is 1.21. The second-order valence-electron chi connectivity index (χ2n) is 6.36. The van der Waals surface area contributed by atoms with Gasteiger partial charge in [0.15, 0.2) is 11.5 Å². The number of hydrogen-bond donors (Lipinski definition) is 1. The maximum absolute atomic E-state index is 12.6. The quantitative estimate of drug-likeness (QED) is 0.792. The van der Waals surface area contributed by atoms with E-state index in [-0.39, 0.29) is 17.9 Å².